The number of hydrogen-bond donors (Lipinski definition) is 2. The summed E-state index contributed by atoms with van der Waals surface area (Å²) in [6, 6.07) is 1.21. The molecular formula is C9H16Cl2N2. The minimum Gasteiger partial charge on any atom is -0.313 e. The van der Waals surface area contributed by atoms with Gasteiger partial charge in [0, 0.05) is 25.2 Å². The molecule has 2 unspecified atom stereocenters. The lowest BCUT2D eigenvalue weighted by Crippen LogP contribution is -2.46. The Labute approximate surface area is 89.7 Å². The van der Waals surface area contributed by atoms with E-state index in [1.165, 1.54) is 12.8 Å². The summed E-state index contributed by atoms with van der Waals surface area (Å²) < 4.78 is 0.338. The minimum absolute atomic E-state index is 0.338. The Morgan fingerprint density at radius 3 is 2.85 bits per heavy atom. The molecule has 0 aromatic heterocycles. The van der Waals surface area contributed by atoms with Gasteiger partial charge in [0.15, 0.2) is 0 Å². The van der Waals surface area contributed by atoms with Gasteiger partial charge in [-0.2, -0.15) is 0 Å². The molecule has 2 N–H and O–H groups in total. The van der Waals surface area contributed by atoms with E-state index in [1.807, 2.05) is 0 Å². The first-order chi connectivity index (χ1) is 6.18. The Kier molecular flexibility index (Phi) is 5.10. The van der Waals surface area contributed by atoms with E-state index in [4.69, 9.17) is 23.2 Å². The molecule has 1 fully saturated rings. The molecule has 0 bridgehead atoms. The highest BCUT2D eigenvalue weighted by Crippen LogP contribution is 2.08. The quantitative estimate of drug-likeness (QED) is 0.765. The van der Waals surface area contributed by atoms with E-state index >= 15 is 0 Å². The second kappa shape index (κ2) is 5.86. The second-order valence-corrected chi connectivity index (χ2v) is 4.49. The van der Waals surface area contributed by atoms with Crippen molar-refractivity contribution >= 4 is 23.2 Å². The van der Waals surface area contributed by atoms with Gasteiger partial charge in [-0.1, -0.05) is 23.2 Å². The van der Waals surface area contributed by atoms with Crippen molar-refractivity contribution in [2.24, 2.45) is 0 Å². The number of halogens is 2. The van der Waals surface area contributed by atoms with Gasteiger partial charge in [0.2, 0.25) is 0 Å². The highest BCUT2D eigenvalue weighted by atomic mass is 35.5. The molecule has 4 heteroatoms. The molecule has 1 aliphatic rings. The van der Waals surface area contributed by atoms with E-state index in [2.05, 4.69) is 17.6 Å². The standard InChI is InChI=1S/C9H16Cl2N2/c1-7-2-3-8(6-13-7)12-5-4-9(10)11/h4,7-8,12-13H,2-3,5-6H2,1H3. The van der Waals surface area contributed by atoms with Crippen LogP contribution in [0.4, 0.5) is 0 Å². The van der Waals surface area contributed by atoms with Crippen molar-refractivity contribution < 1.29 is 0 Å². The van der Waals surface area contributed by atoms with Crippen molar-refractivity contribution in [1.29, 1.82) is 0 Å². The Morgan fingerprint density at radius 2 is 2.31 bits per heavy atom. The Hall–Kier alpha value is 0.240. The first-order valence-corrected chi connectivity index (χ1v) is 5.42. The summed E-state index contributed by atoms with van der Waals surface area (Å²) in [5.74, 6) is 0. The average molecular weight is 223 g/mol. The van der Waals surface area contributed by atoms with Gasteiger partial charge in [-0.25, -0.2) is 0 Å². The van der Waals surface area contributed by atoms with Gasteiger partial charge in [-0.3, -0.25) is 0 Å². The van der Waals surface area contributed by atoms with Crippen LogP contribution in [0, 0.1) is 0 Å². The molecule has 0 aromatic rings. The minimum atomic E-state index is 0.338. The molecule has 0 spiro atoms. The molecule has 0 saturated carbocycles. The molecule has 0 aliphatic carbocycles. The van der Waals surface area contributed by atoms with Gasteiger partial charge in [0.25, 0.3) is 0 Å². The van der Waals surface area contributed by atoms with Crippen LogP contribution < -0.4 is 10.6 Å². The fourth-order valence-corrected chi connectivity index (χ4v) is 1.63. The fourth-order valence-electron chi connectivity index (χ4n) is 1.48. The number of hydrogen-bond acceptors (Lipinski definition) is 2. The summed E-state index contributed by atoms with van der Waals surface area (Å²) in [6.07, 6.45) is 4.24. The van der Waals surface area contributed by atoms with Crippen molar-refractivity contribution in [2.75, 3.05) is 13.1 Å². The van der Waals surface area contributed by atoms with Gasteiger partial charge >= 0.3 is 0 Å². The first kappa shape index (κ1) is 11.3. The smallest absolute Gasteiger partial charge is 0.104 e. The van der Waals surface area contributed by atoms with E-state index in [-0.39, 0.29) is 0 Å². The number of nitrogens with one attached hydrogen (secondary N) is 2. The average Bonchev–Trinajstić information content (AvgIpc) is 2.08. The van der Waals surface area contributed by atoms with Crippen molar-refractivity contribution in [3.05, 3.63) is 10.6 Å². The van der Waals surface area contributed by atoms with Gasteiger partial charge in [-0.15, -0.1) is 0 Å². The maximum absolute atomic E-state index is 5.49. The molecule has 0 aromatic carbocycles. The van der Waals surface area contributed by atoms with E-state index < -0.39 is 0 Å². The lowest BCUT2D eigenvalue weighted by atomic mass is 10.0. The highest BCUT2D eigenvalue weighted by Gasteiger charge is 2.15. The van der Waals surface area contributed by atoms with Crippen LogP contribution in [0.1, 0.15) is 19.8 Å². The Morgan fingerprint density at radius 1 is 1.54 bits per heavy atom. The van der Waals surface area contributed by atoms with Crippen LogP contribution in [0.15, 0.2) is 10.6 Å². The number of piperidine rings is 1. The zero-order chi connectivity index (χ0) is 9.68. The van der Waals surface area contributed by atoms with Crippen LogP contribution in [0.3, 0.4) is 0 Å². The second-order valence-electron chi connectivity index (χ2n) is 3.49. The zero-order valence-electron chi connectivity index (χ0n) is 7.82. The molecule has 2 atom stereocenters. The third-order valence-corrected chi connectivity index (χ3v) is 2.63. The predicted octanol–water partition coefficient (Wildman–Crippen LogP) is 2.04. The van der Waals surface area contributed by atoms with E-state index in [0.717, 1.165) is 13.1 Å². The van der Waals surface area contributed by atoms with Crippen molar-refractivity contribution in [3.63, 3.8) is 0 Å². The Bertz CT molecular complexity index is 170. The van der Waals surface area contributed by atoms with Gasteiger partial charge in [0.05, 0.1) is 0 Å². The SMILES string of the molecule is CC1CCC(NCC=C(Cl)Cl)CN1. The molecule has 0 radical (unpaired) electrons. The largest absolute Gasteiger partial charge is 0.313 e. The first-order valence-electron chi connectivity index (χ1n) is 4.66. The summed E-state index contributed by atoms with van der Waals surface area (Å²) in [6.45, 7) is 4.00. The van der Waals surface area contributed by atoms with Crippen molar-refractivity contribution in [3.8, 4) is 0 Å². The summed E-state index contributed by atoms with van der Waals surface area (Å²) in [7, 11) is 0. The maximum atomic E-state index is 5.49. The molecule has 1 aliphatic heterocycles. The van der Waals surface area contributed by atoms with Gasteiger partial charge < -0.3 is 10.6 Å². The fraction of sp³-hybridized carbons (Fsp3) is 0.778. The maximum Gasteiger partial charge on any atom is 0.104 e. The zero-order valence-corrected chi connectivity index (χ0v) is 9.33. The van der Waals surface area contributed by atoms with Crippen molar-refractivity contribution in [1.82, 2.24) is 10.6 Å². The van der Waals surface area contributed by atoms with Crippen LogP contribution in [0.5, 0.6) is 0 Å². The molecular weight excluding hydrogens is 207 g/mol. The molecule has 1 rings (SSSR count). The molecule has 13 heavy (non-hydrogen) atoms. The lowest BCUT2D eigenvalue weighted by Gasteiger charge is -2.28. The molecule has 1 saturated heterocycles. The van der Waals surface area contributed by atoms with Crippen LogP contribution in [-0.2, 0) is 0 Å². The third kappa shape index (κ3) is 4.87. The summed E-state index contributed by atoms with van der Waals surface area (Å²) in [4.78, 5) is 0. The molecule has 76 valence electrons. The summed E-state index contributed by atoms with van der Waals surface area (Å²) >= 11 is 11.0. The van der Waals surface area contributed by atoms with Crippen LogP contribution in [-0.4, -0.2) is 25.2 Å². The predicted molar refractivity (Wildman–Crippen MR) is 58.3 cm³/mol. The molecule has 2 nitrogen and oxygen atoms in total. The van der Waals surface area contributed by atoms with Gasteiger partial charge in [-0.05, 0) is 25.8 Å². The number of rotatable bonds is 3. The van der Waals surface area contributed by atoms with E-state index in [0.29, 0.717) is 16.6 Å². The lowest BCUT2D eigenvalue weighted by molar-refractivity contribution is 0.346. The monoisotopic (exact) mass is 222 g/mol. The van der Waals surface area contributed by atoms with E-state index in [9.17, 15) is 0 Å². The molecule has 0 amide bonds. The Balaban J connectivity index is 2.12. The van der Waals surface area contributed by atoms with Crippen LogP contribution >= 0.6 is 23.2 Å². The van der Waals surface area contributed by atoms with Crippen molar-refractivity contribution in [2.45, 2.75) is 31.8 Å². The topological polar surface area (TPSA) is 24.1 Å². The normalized spacial score (nSPS) is 28.5. The molecule has 1 heterocycles. The summed E-state index contributed by atoms with van der Waals surface area (Å²) in [5.41, 5.74) is 0. The summed E-state index contributed by atoms with van der Waals surface area (Å²) in [5, 5.41) is 6.79. The van der Waals surface area contributed by atoms with Crippen LogP contribution in [0.25, 0.3) is 0 Å². The van der Waals surface area contributed by atoms with Gasteiger partial charge in [0.1, 0.15) is 4.49 Å². The highest BCUT2D eigenvalue weighted by molar-refractivity contribution is 6.55. The van der Waals surface area contributed by atoms with Crippen LogP contribution in [0.2, 0.25) is 0 Å². The third-order valence-electron chi connectivity index (χ3n) is 2.32. The van der Waals surface area contributed by atoms with E-state index in [1.54, 1.807) is 6.08 Å².